The molecule has 8 heteroatoms. The zero-order valence-corrected chi connectivity index (χ0v) is 12.6. The molecular weight excluding hydrogens is 280 g/mol. The number of nitrogens with one attached hydrogen (secondary N) is 1. The summed E-state index contributed by atoms with van der Waals surface area (Å²) in [5.74, 6) is 0.0648. The number of guanidine groups is 1. The van der Waals surface area contributed by atoms with E-state index in [0.717, 1.165) is 28.7 Å². The summed E-state index contributed by atoms with van der Waals surface area (Å²) in [4.78, 5) is 11.7. The molecule has 0 aromatic heterocycles. The number of hydrogen-bond donors (Lipinski definition) is 3. The number of thioether (sulfide) groups is 1. The highest BCUT2D eigenvalue weighted by Crippen LogP contribution is 2.35. The Bertz CT molecular complexity index is 464. The van der Waals surface area contributed by atoms with Gasteiger partial charge in [-0.05, 0) is 26.1 Å². The number of rotatable bonds is 2. The van der Waals surface area contributed by atoms with Crippen LogP contribution >= 0.6 is 24.0 Å². The van der Waals surface area contributed by atoms with Crippen molar-refractivity contribution in [1.29, 1.82) is 0 Å². The van der Waals surface area contributed by atoms with Gasteiger partial charge in [-0.3, -0.25) is 4.99 Å². The van der Waals surface area contributed by atoms with Crippen molar-refractivity contribution in [1.82, 2.24) is 10.2 Å². The van der Waals surface area contributed by atoms with E-state index in [1.807, 2.05) is 11.1 Å². The zero-order chi connectivity index (χ0) is 14.0. The van der Waals surface area contributed by atoms with Crippen LogP contribution in [0.3, 0.4) is 0 Å². The van der Waals surface area contributed by atoms with Crippen LogP contribution in [0.2, 0.25) is 0 Å². The first-order valence-electron chi connectivity index (χ1n) is 6.07. The molecule has 19 heavy (non-hydrogen) atoms. The smallest absolute Gasteiger partial charge is 0.195 e. The van der Waals surface area contributed by atoms with Crippen LogP contribution in [-0.4, -0.2) is 39.8 Å². The van der Waals surface area contributed by atoms with E-state index in [-0.39, 0.29) is 11.5 Å². The highest BCUT2D eigenvalue weighted by molar-refractivity contribution is 8.05. The molecule has 0 aliphatic carbocycles. The van der Waals surface area contributed by atoms with Gasteiger partial charge in [-0.1, -0.05) is 11.8 Å². The highest BCUT2D eigenvalue weighted by Gasteiger charge is 2.28. The Hall–Kier alpha value is -1.28. The molecule has 0 radical (unpaired) electrons. The summed E-state index contributed by atoms with van der Waals surface area (Å²) in [7, 11) is 0. The summed E-state index contributed by atoms with van der Waals surface area (Å²) in [6.07, 6.45) is 2.88. The summed E-state index contributed by atoms with van der Waals surface area (Å²) in [6, 6.07) is 0.326. The summed E-state index contributed by atoms with van der Waals surface area (Å²) >= 11 is 6.91. The van der Waals surface area contributed by atoms with Gasteiger partial charge in [-0.25, -0.2) is 4.99 Å². The van der Waals surface area contributed by atoms with Crippen molar-refractivity contribution in [2.75, 3.05) is 6.54 Å². The monoisotopic (exact) mass is 298 g/mol. The molecule has 1 unspecified atom stereocenters. The largest absolute Gasteiger partial charge is 0.370 e. The van der Waals surface area contributed by atoms with Gasteiger partial charge in [-0.2, -0.15) is 0 Å². The van der Waals surface area contributed by atoms with Crippen molar-refractivity contribution in [2.24, 2.45) is 21.5 Å². The molecule has 1 atom stereocenters. The molecular formula is C11H18N6S2. The minimum absolute atomic E-state index is 0.0648. The molecule has 0 amide bonds. The molecule has 2 heterocycles. The molecule has 2 aliphatic rings. The van der Waals surface area contributed by atoms with E-state index in [9.17, 15) is 0 Å². The van der Waals surface area contributed by atoms with E-state index >= 15 is 0 Å². The van der Waals surface area contributed by atoms with Crippen LogP contribution in [0.4, 0.5) is 0 Å². The Labute approximate surface area is 122 Å². The van der Waals surface area contributed by atoms with E-state index in [1.165, 1.54) is 0 Å². The maximum atomic E-state index is 5.38. The van der Waals surface area contributed by atoms with Crippen LogP contribution < -0.4 is 16.8 Å². The second-order valence-corrected chi connectivity index (χ2v) is 6.10. The van der Waals surface area contributed by atoms with Crippen LogP contribution in [0.1, 0.15) is 20.3 Å². The summed E-state index contributed by atoms with van der Waals surface area (Å²) in [6.45, 7) is 4.96. The summed E-state index contributed by atoms with van der Waals surface area (Å²) in [5, 5.41) is 3.97. The Morgan fingerprint density at radius 1 is 1.63 bits per heavy atom. The fraction of sp³-hybridized carbons (Fsp3) is 0.545. The molecule has 0 fully saturated rings. The molecule has 0 spiro atoms. The van der Waals surface area contributed by atoms with Gasteiger partial charge in [0.2, 0.25) is 0 Å². The van der Waals surface area contributed by atoms with Gasteiger partial charge in [0.15, 0.2) is 16.6 Å². The topological polar surface area (TPSA) is 92.0 Å². The highest BCUT2D eigenvalue weighted by atomic mass is 32.2. The maximum Gasteiger partial charge on any atom is 0.195 e. The summed E-state index contributed by atoms with van der Waals surface area (Å²) in [5.41, 5.74) is 11.6. The molecule has 6 nitrogen and oxygen atoms in total. The second-order valence-electron chi connectivity index (χ2n) is 4.61. The van der Waals surface area contributed by atoms with E-state index in [0.29, 0.717) is 6.04 Å². The molecule has 0 saturated heterocycles. The molecule has 5 N–H and O–H groups in total. The number of nitrogens with zero attached hydrogens (tertiary/aromatic N) is 3. The first-order chi connectivity index (χ1) is 8.95. The lowest BCUT2D eigenvalue weighted by atomic mass is 10.2. The van der Waals surface area contributed by atoms with E-state index in [1.54, 1.807) is 11.8 Å². The average molecular weight is 298 g/mol. The molecule has 2 rings (SSSR count). The van der Waals surface area contributed by atoms with Crippen LogP contribution in [0.5, 0.6) is 0 Å². The fourth-order valence-corrected chi connectivity index (χ4v) is 3.24. The molecule has 0 bridgehead atoms. The number of fused-ring (bicyclic) bond motifs is 1. The van der Waals surface area contributed by atoms with Crippen molar-refractivity contribution >= 4 is 40.8 Å². The van der Waals surface area contributed by atoms with E-state index < -0.39 is 0 Å². The lowest BCUT2D eigenvalue weighted by Gasteiger charge is -2.27. The van der Waals surface area contributed by atoms with Crippen LogP contribution in [0, 0.1) is 0 Å². The fourth-order valence-electron chi connectivity index (χ4n) is 1.80. The van der Waals surface area contributed by atoms with Crippen molar-refractivity contribution in [3.05, 3.63) is 11.1 Å². The third-order valence-electron chi connectivity index (χ3n) is 2.58. The SMILES string of the molecule is CC(C)NC(=S)N1C=C2SC(N=C(N)N)N=C2CC1. The van der Waals surface area contributed by atoms with Gasteiger partial charge in [-0.15, -0.1) is 0 Å². The summed E-state index contributed by atoms with van der Waals surface area (Å²) < 4.78 is 0. The Morgan fingerprint density at radius 3 is 3.00 bits per heavy atom. The number of thiocarbonyl (C=S) groups is 1. The van der Waals surface area contributed by atoms with Gasteiger partial charge in [0, 0.05) is 30.1 Å². The number of hydrogen-bond acceptors (Lipinski definition) is 4. The molecule has 0 aromatic carbocycles. The van der Waals surface area contributed by atoms with Gasteiger partial charge >= 0.3 is 0 Å². The van der Waals surface area contributed by atoms with Crippen molar-refractivity contribution < 1.29 is 0 Å². The lowest BCUT2D eigenvalue weighted by Crippen LogP contribution is -2.42. The predicted octanol–water partition coefficient (Wildman–Crippen LogP) is 0.561. The predicted molar refractivity (Wildman–Crippen MR) is 84.9 cm³/mol. The average Bonchev–Trinajstić information content (AvgIpc) is 2.67. The molecule has 0 aromatic rings. The van der Waals surface area contributed by atoms with Gasteiger partial charge in [0.05, 0.1) is 5.71 Å². The Kier molecular flexibility index (Phi) is 4.31. The zero-order valence-electron chi connectivity index (χ0n) is 11.0. The van der Waals surface area contributed by atoms with E-state index in [2.05, 4.69) is 29.1 Å². The normalized spacial score (nSPS) is 21.6. The standard InChI is InChI=1S/C11H18N6S2/c1-6(2)14-11(18)17-4-3-7-8(5-17)19-10(15-7)16-9(12)13/h5-6,10H,3-4H2,1-2H3,(H,14,18)(H4,12,13,16). The molecule has 0 saturated carbocycles. The maximum absolute atomic E-state index is 5.38. The van der Waals surface area contributed by atoms with Crippen LogP contribution in [0.25, 0.3) is 0 Å². The van der Waals surface area contributed by atoms with Gasteiger partial charge < -0.3 is 21.7 Å². The van der Waals surface area contributed by atoms with Crippen LogP contribution in [0.15, 0.2) is 21.1 Å². The van der Waals surface area contributed by atoms with Gasteiger partial charge in [0.25, 0.3) is 0 Å². The quantitative estimate of drug-likeness (QED) is 0.392. The molecule has 104 valence electrons. The number of allylic oxidation sites excluding steroid dienone is 1. The Morgan fingerprint density at radius 2 is 2.37 bits per heavy atom. The van der Waals surface area contributed by atoms with Crippen molar-refractivity contribution in [2.45, 2.75) is 31.8 Å². The first-order valence-corrected chi connectivity index (χ1v) is 7.36. The van der Waals surface area contributed by atoms with Crippen molar-refractivity contribution in [3.8, 4) is 0 Å². The van der Waals surface area contributed by atoms with Crippen molar-refractivity contribution in [3.63, 3.8) is 0 Å². The number of aliphatic imine (C=N–C) groups is 2. The number of nitrogens with two attached hydrogens (primary N) is 2. The first kappa shape index (κ1) is 14.1. The minimum atomic E-state index is -0.252. The third kappa shape index (κ3) is 3.60. The lowest BCUT2D eigenvalue weighted by molar-refractivity contribution is 0.534. The molecule has 2 aliphatic heterocycles. The Balaban J connectivity index is 2.06. The second kappa shape index (κ2) is 5.79. The third-order valence-corrected chi connectivity index (χ3v) is 3.95. The van der Waals surface area contributed by atoms with Crippen LogP contribution in [-0.2, 0) is 0 Å². The van der Waals surface area contributed by atoms with Gasteiger partial charge in [0.1, 0.15) is 0 Å². The minimum Gasteiger partial charge on any atom is -0.370 e. The van der Waals surface area contributed by atoms with E-state index in [4.69, 9.17) is 23.7 Å².